The largest absolute Gasteiger partial charge is 0.321 e. The highest BCUT2D eigenvalue weighted by Gasteiger charge is 2.16. The van der Waals surface area contributed by atoms with Gasteiger partial charge in [0, 0.05) is 16.8 Å². The standard InChI is InChI=1S/C21H16N4OS/c26-20(15-9-3-1-4-10-15)22-18-14-8-7-13-17(18)19-23-24-21(27)25(19)16-11-5-2-6-12-16/h1-14H,(H,22,26)(H,24,27). The highest BCUT2D eigenvalue weighted by atomic mass is 32.1. The van der Waals surface area contributed by atoms with Crippen LogP contribution in [0.25, 0.3) is 17.1 Å². The molecule has 1 amide bonds. The number of amides is 1. The van der Waals surface area contributed by atoms with Gasteiger partial charge in [-0.05, 0) is 48.6 Å². The van der Waals surface area contributed by atoms with Gasteiger partial charge in [-0.2, -0.15) is 5.10 Å². The van der Waals surface area contributed by atoms with Gasteiger partial charge in [-0.25, -0.2) is 0 Å². The van der Waals surface area contributed by atoms with Gasteiger partial charge >= 0.3 is 0 Å². The number of carbonyl (C=O) groups excluding carboxylic acids is 1. The van der Waals surface area contributed by atoms with Crippen molar-refractivity contribution in [3.63, 3.8) is 0 Å². The fraction of sp³-hybridized carbons (Fsp3) is 0. The van der Waals surface area contributed by atoms with E-state index < -0.39 is 0 Å². The summed E-state index contributed by atoms with van der Waals surface area (Å²) in [5, 5.41) is 10.2. The predicted molar refractivity (Wildman–Crippen MR) is 109 cm³/mol. The van der Waals surface area contributed by atoms with Crippen molar-refractivity contribution in [2.24, 2.45) is 0 Å². The number of para-hydroxylation sites is 2. The Morgan fingerprint density at radius 1 is 0.889 bits per heavy atom. The van der Waals surface area contributed by atoms with E-state index >= 15 is 0 Å². The monoisotopic (exact) mass is 372 g/mol. The van der Waals surface area contributed by atoms with E-state index in [0.29, 0.717) is 21.8 Å². The first-order chi connectivity index (χ1) is 13.2. The highest BCUT2D eigenvalue weighted by Crippen LogP contribution is 2.28. The van der Waals surface area contributed by atoms with Gasteiger partial charge < -0.3 is 5.32 Å². The first-order valence-electron chi connectivity index (χ1n) is 8.42. The molecule has 0 saturated carbocycles. The minimum atomic E-state index is -0.177. The van der Waals surface area contributed by atoms with Crippen LogP contribution in [0.1, 0.15) is 10.4 Å². The maximum atomic E-state index is 12.6. The molecule has 0 unspecified atom stereocenters. The molecule has 5 nitrogen and oxygen atoms in total. The van der Waals surface area contributed by atoms with Crippen molar-refractivity contribution in [2.45, 2.75) is 0 Å². The molecule has 4 aromatic rings. The van der Waals surface area contributed by atoms with Crippen LogP contribution in [0.2, 0.25) is 0 Å². The summed E-state index contributed by atoms with van der Waals surface area (Å²) in [5.74, 6) is 0.457. The van der Waals surface area contributed by atoms with Gasteiger partial charge in [0.15, 0.2) is 10.6 Å². The number of H-pyrrole nitrogens is 1. The molecular formula is C21H16N4OS. The zero-order valence-corrected chi connectivity index (χ0v) is 15.1. The normalized spacial score (nSPS) is 10.5. The molecule has 0 saturated heterocycles. The third-order valence-electron chi connectivity index (χ3n) is 4.14. The molecule has 0 aliphatic heterocycles. The molecule has 27 heavy (non-hydrogen) atoms. The smallest absolute Gasteiger partial charge is 0.255 e. The second kappa shape index (κ2) is 7.39. The van der Waals surface area contributed by atoms with E-state index in [9.17, 15) is 4.79 Å². The molecule has 3 aromatic carbocycles. The Morgan fingerprint density at radius 3 is 2.26 bits per heavy atom. The number of carbonyl (C=O) groups is 1. The number of nitrogens with zero attached hydrogens (tertiary/aromatic N) is 2. The number of rotatable bonds is 4. The number of nitrogens with one attached hydrogen (secondary N) is 2. The number of hydrogen-bond acceptors (Lipinski definition) is 3. The van der Waals surface area contributed by atoms with Crippen molar-refractivity contribution in [3.8, 4) is 17.1 Å². The molecule has 0 spiro atoms. The van der Waals surface area contributed by atoms with E-state index in [1.165, 1.54) is 0 Å². The molecule has 0 bridgehead atoms. The molecular weight excluding hydrogens is 356 g/mol. The van der Waals surface area contributed by atoms with E-state index in [0.717, 1.165) is 11.3 Å². The van der Waals surface area contributed by atoms with Crippen LogP contribution in [0.5, 0.6) is 0 Å². The minimum Gasteiger partial charge on any atom is -0.321 e. The van der Waals surface area contributed by atoms with Gasteiger partial charge in [0.05, 0.1) is 5.69 Å². The SMILES string of the molecule is O=C(Nc1ccccc1-c1n[nH]c(=S)n1-c1ccccc1)c1ccccc1. The zero-order chi connectivity index (χ0) is 18.6. The zero-order valence-electron chi connectivity index (χ0n) is 14.3. The van der Waals surface area contributed by atoms with Crippen LogP contribution >= 0.6 is 12.2 Å². The van der Waals surface area contributed by atoms with Gasteiger partial charge in [-0.15, -0.1) is 0 Å². The fourth-order valence-electron chi connectivity index (χ4n) is 2.87. The molecule has 4 rings (SSSR count). The summed E-state index contributed by atoms with van der Waals surface area (Å²) >= 11 is 5.42. The Kier molecular flexibility index (Phi) is 4.63. The lowest BCUT2D eigenvalue weighted by atomic mass is 10.1. The van der Waals surface area contributed by atoms with Crippen LogP contribution in [0.3, 0.4) is 0 Å². The Balaban J connectivity index is 1.77. The van der Waals surface area contributed by atoms with E-state index in [-0.39, 0.29) is 5.91 Å². The molecule has 132 valence electrons. The van der Waals surface area contributed by atoms with E-state index in [1.54, 1.807) is 12.1 Å². The summed E-state index contributed by atoms with van der Waals surface area (Å²) in [7, 11) is 0. The number of benzene rings is 3. The molecule has 6 heteroatoms. The topological polar surface area (TPSA) is 62.7 Å². The average Bonchev–Trinajstić information content (AvgIpc) is 3.11. The van der Waals surface area contributed by atoms with E-state index in [1.807, 2.05) is 77.4 Å². The molecule has 1 heterocycles. The van der Waals surface area contributed by atoms with E-state index in [2.05, 4.69) is 15.5 Å². The number of aromatic amines is 1. The Bertz CT molecular complexity index is 1130. The lowest BCUT2D eigenvalue weighted by Gasteiger charge is -2.12. The first-order valence-corrected chi connectivity index (χ1v) is 8.83. The van der Waals surface area contributed by atoms with Crippen molar-refractivity contribution in [2.75, 3.05) is 5.32 Å². The summed E-state index contributed by atoms with van der Waals surface area (Å²) in [6.07, 6.45) is 0. The number of anilines is 1. The molecule has 0 fully saturated rings. The third kappa shape index (κ3) is 3.43. The van der Waals surface area contributed by atoms with Crippen molar-refractivity contribution >= 4 is 23.8 Å². The van der Waals surface area contributed by atoms with Crippen molar-refractivity contribution < 1.29 is 4.79 Å². The van der Waals surface area contributed by atoms with Crippen LogP contribution in [0, 0.1) is 4.77 Å². The Labute approximate surface area is 161 Å². The Morgan fingerprint density at radius 2 is 1.52 bits per heavy atom. The van der Waals surface area contributed by atoms with Crippen LogP contribution in [0.15, 0.2) is 84.9 Å². The highest BCUT2D eigenvalue weighted by molar-refractivity contribution is 7.71. The van der Waals surface area contributed by atoms with Crippen molar-refractivity contribution in [3.05, 3.63) is 95.3 Å². The van der Waals surface area contributed by atoms with Gasteiger partial charge in [0.1, 0.15) is 0 Å². The quantitative estimate of drug-likeness (QED) is 0.504. The maximum absolute atomic E-state index is 12.6. The lowest BCUT2D eigenvalue weighted by molar-refractivity contribution is 0.102. The third-order valence-corrected chi connectivity index (χ3v) is 4.41. The van der Waals surface area contributed by atoms with Gasteiger partial charge in [0.25, 0.3) is 5.91 Å². The minimum absolute atomic E-state index is 0.177. The van der Waals surface area contributed by atoms with Crippen molar-refractivity contribution in [1.29, 1.82) is 0 Å². The van der Waals surface area contributed by atoms with Crippen LogP contribution in [0.4, 0.5) is 5.69 Å². The van der Waals surface area contributed by atoms with Crippen LogP contribution < -0.4 is 5.32 Å². The molecule has 0 atom stereocenters. The fourth-order valence-corrected chi connectivity index (χ4v) is 3.10. The van der Waals surface area contributed by atoms with E-state index in [4.69, 9.17) is 12.2 Å². The summed E-state index contributed by atoms with van der Waals surface area (Å²) in [6.45, 7) is 0. The van der Waals surface area contributed by atoms with Gasteiger partial charge in [-0.1, -0.05) is 48.5 Å². The summed E-state index contributed by atoms with van der Waals surface area (Å²) < 4.78 is 2.34. The molecule has 2 N–H and O–H groups in total. The van der Waals surface area contributed by atoms with Crippen LogP contribution in [-0.2, 0) is 0 Å². The van der Waals surface area contributed by atoms with Crippen molar-refractivity contribution in [1.82, 2.24) is 14.8 Å². The lowest BCUT2D eigenvalue weighted by Crippen LogP contribution is -2.13. The van der Waals surface area contributed by atoms with Gasteiger partial charge in [0.2, 0.25) is 0 Å². The summed E-state index contributed by atoms with van der Waals surface area (Å²) in [5.41, 5.74) is 2.93. The second-order valence-electron chi connectivity index (χ2n) is 5.89. The molecule has 0 aliphatic rings. The predicted octanol–water partition coefficient (Wildman–Crippen LogP) is 4.85. The first kappa shape index (κ1) is 16.9. The Hall–Kier alpha value is -3.51. The molecule has 0 radical (unpaired) electrons. The molecule has 0 aliphatic carbocycles. The molecule has 1 aromatic heterocycles. The average molecular weight is 372 g/mol. The van der Waals surface area contributed by atoms with Gasteiger partial charge in [-0.3, -0.25) is 14.5 Å². The number of hydrogen-bond donors (Lipinski definition) is 2. The number of aromatic nitrogens is 3. The summed E-state index contributed by atoms with van der Waals surface area (Å²) in [4.78, 5) is 12.6. The second-order valence-corrected chi connectivity index (χ2v) is 6.28. The maximum Gasteiger partial charge on any atom is 0.255 e. The summed E-state index contributed by atoms with van der Waals surface area (Å²) in [6, 6.07) is 26.4. The van der Waals surface area contributed by atoms with Crippen LogP contribution in [-0.4, -0.2) is 20.7 Å².